The predicted octanol–water partition coefficient (Wildman–Crippen LogP) is 2.70. The molecule has 5 nitrogen and oxygen atoms in total. The summed E-state index contributed by atoms with van der Waals surface area (Å²) in [5, 5.41) is 3.52. The lowest BCUT2D eigenvalue weighted by Crippen LogP contribution is -2.23. The van der Waals surface area contributed by atoms with Crippen molar-refractivity contribution in [3.63, 3.8) is 0 Å². The van der Waals surface area contributed by atoms with Gasteiger partial charge in [0.2, 0.25) is 5.43 Å². The number of ether oxygens (including phenoxy) is 1. The van der Waals surface area contributed by atoms with Crippen molar-refractivity contribution >= 4 is 5.97 Å². The van der Waals surface area contributed by atoms with E-state index in [4.69, 9.17) is 0 Å². The Bertz CT molecular complexity index is 872. The molecule has 2 aromatic rings. The van der Waals surface area contributed by atoms with Crippen molar-refractivity contribution < 1.29 is 27.1 Å². The first-order valence-corrected chi connectivity index (χ1v) is 6.60. The third-order valence-electron chi connectivity index (χ3n) is 3.36. The molecule has 0 amide bonds. The van der Waals surface area contributed by atoms with Gasteiger partial charge in [0.15, 0.2) is 0 Å². The molecule has 0 N–H and O–H groups in total. The van der Waals surface area contributed by atoms with Crippen molar-refractivity contribution in [2.45, 2.75) is 13.1 Å². The molecule has 0 aliphatic heterocycles. The van der Waals surface area contributed by atoms with Gasteiger partial charge in [0.25, 0.3) is 0 Å². The lowest BCUT2D eigenvalue weighted by Gasteiger charge is -2.13. The summed E-state index contributed by atoms with van der Waals surface area (Å²) in [6.45, 7) is 1.46. The van der Waals surface area contributed by atoms with Crippen LogP contribution in [0.25, 0.3) is 11.3 Å². The number of aromatic nitrogens is 2. The minimum Gasteiger partial charge on any atom is -0.465 e. The third kappa shape index (κ3) is 3.15. The number of methoxy groups -OCH3 is 1. The number of alkyl halides is 3. The van der Waals surface area contributed by atoms with Gasteiger partial charge in [-0.15, -0.1) is 0 Å². The van der Waals surface area contributed by atoms with E-state index >= 15 is 0 Å². The number of carbonyl (C=O) groups is 1. The van der Waals surface area contributed by atoms with E-state index in [0.717, 1.165) is 26.3 Å². The number of rotatable bonds is 2. The van der Waals surface area contributed by atoms with Crippen LogP contribution >= 0.6 is 0 Å². The summed E-state index contributed by atoms with van der Waals surface area (Å²) in [5.41, 5.74) is -3.05. The molecule has 2 rings (SSSR count). The van der Waals surface area contributed by atoms with Crippen LogP contribution in [0.5, 0.6) is 0 Å². The van der Waals surface area contributed by atoms with Crippen LogP contribution in [0.3, 0.4) is 0 Å². The number of halogens is 4. The molecule has 24 heavy (non-hydrogen) atoms. The van der Waals surface area contributed by atoms with Gasteiger partial charge in [0.1, 0.15) is 17.2 Å². The van der Waals surface area contributed by atoms with Gasteiger partial charge in [0.05, 0.1) is 12.7 Å². The number of hydrogen-bond donors (Lipinski definition) is 0. The fraction of sp³-hybridized carbons (Fsp3) is 0.267. The topological polar surface area (TPSA) is 61.2 Å². The average Bonchev–Trinajstić information content (AvgIpc) is 2.48. The molecule has 0 aliphatic carbocycles. The first-order chi connectivity index (χ1) is 11.1. The summed E-state index contributed by atoms with van der Waals surface area (Å²) in [6, 6.07) is 2.35. The number of aryl methyl sites for hydroxylation is 2. The van der Waals surface area contributed by atoms with Gasteiger partial charge in [-0.25, -0.2) is 9.18 Å². The highest BCUT2D eigenvalue weighted by atomic mass is 19.4. The molecule has 0 spiro atoms. The standard InChI is InChI=1S/C15H12F4N2O3/c1-7-4-10(16)9(5-8(7)14(23)24-3)13-11(22)6-12(15(17,18)19)21(2)20-13/h4-6H,1-3H3. The Morgan fingerprint density at radius 1 is 1.25 bits per heavy atom. The molecule has 0 bridgehead atoms. The molecular weight excluding hydrogens is 332 g/mol. The van der Waals surface area contributed by atoms with Crippen LogP contribution in [0.1, 0.15) is 21.6 Å². The van der Waals surface area contributed by atoms with Gasteiger partial charge in [-0.1, -0.05) is 0 Å². The maximum absolute atomic E-state index is 14.2. The van der Waals surface area contributed by atoms with Crippen molar-refractivity contribution in [2.24, 2.45) is 7.05 Å². The van der Waals surface area contributed by atoms with E-state index in [1.807, 2.05) is 0 Å². The maximum atomic E-state index is 14.2. The maximum Gasteiger partial charge on any atom is 0.433 e. The predicted molar refractivity (Wildman–Crippen MR) is 76.0 cm³/mol. The number of benzene rings is 1. The second-order valence-electron chi connectivity index (χ2n) is 5.00. The van der Waals surface area contributed by atoms with E-state index in [1.54, 1.807) is 0 Å². The Morgan fingerprint density at radius 3 is 2.42 bits per heavy atom. The SMILES string of the molecule is COC(=O)c1cc(-c2nn(C)c(C(F)(F)F)cc2=O)c(F)cc1C. The normalized spacial score (nSPS) is 11.5. The zero-order chi connectivity index (χ0) is 18.2. The minimum atomic E-state index is -4.78. The van der Waals surface area contributed by atoms with Crippen LogP contribution in [0.4, 0.5) is 17.6 Å². The van der Waals surface area contributed by atoms with Crippen LogP contribution < -0.4 is 5.43 Å². The zero-order valence-corrected chi connectivity index (χ0v) is 12.9. The molecule has 0 fully saturated rings. The molecule has 1 aromatic carbocycles. The molecule has 1 heterocycles. The van der Waals surface area contributed by atoms with Crippen molar-refractivity contribution in [1.29, 1.82) is 0 Å². The van der Waals surface area contributed by atoms with Crippen LogP contribution in [-0.4, -0.2) is 22.9 Å². The summed E-state index contributed by atoms with van der Waals surface area (Å²) in [5.74, 6) is -1.65. The van der Waals surface area contributed by atoms with Gasteiger partial charge in [-0.2, -0.15) is 18.3 Å². The summed E-state index contributed by atoms with van der Waals surface area (Å²) in [6.07, 6.45) is -4.78. The highest BCUT2D eigenvalue weighted by molar-refractivity contribution is 5.92. The smallest absolute Gasteiger partial charge is 0.433 e. The quantitative estimate of drug-likeness (QED) is 0.621. The van der Waals surface area contributed by atoms with Crippen LogP contribution in [0, 0.1) is 12.7 Å². The van der Waals surface area contributed by atoms with Crippen LogP contribution in [0.15, 0.2) is 23.0 Å². The minimum absolute atomic E-state index is 0.0161. The zero-order valence-electron chi connectivity index (χ0n) is 12.9. The largest absolute Gasteiger partial charge is 0.465 e. The summed E-state index contributed by atoms with van der Waals surface area (Å²) in [4.78, 5) is 23.6. The number of nitrogens with zero attached hydrogens (tertiary/aromatic N) is 2. The Labute approximate surface area is 133 Å². The van der Waals surface area contributed by atoms with Gasteiger partial charge in [-0.3, -0.25) is 9.48 Å². The molecule has 0 aliphatic rings. The third-order valence-corrected chi connectivity index (χ3v) is 3.36. The molecule has 9 heteroatoms. The highest BCUT2D eigenvalue weighted by Crippen LogP contribution is 2.29. The molecule has 0 unspecified atom stereocenters. The average molecular weight is 344 g/mol. The Kier molecular flexibility index (Phi) is 4.46. The fourth-order valence-corrected chi connectivity index (χ4v) is 2.18. The number of carbonyl (C=O) groups excluding carboxylic acids is 1. The first-order valence-electron chi connectivity index (χ1n) is 6.60. The fourth-order valence-electron chi connectivity index (χ4n) is 2.18. The van der Waals surface area contributed by atoms with E-state index in [0.29, 0.717) is 10.7 Å². The number of esters is 1. The Hall–Kier alpha value is -2.71. The molecule has 0 atom stereocenters. The number of hydrogen-bond acceptors (Lipinski definition) is 4. The van der Waals surface area contributed by atoms with Gasteiger partial charge in [-0.05, 0) is 24.6 Å². The summed E-state index contributed by atoms with van der Waals surface area (Å²) < 4.78 is 57.5. The lowest BCUT2D eigenvalue weighted by atomic mass is 10.0. The van der Waals surface area contributed by atoms with Crippen molar-refractivity contribution in [3.05, 3.63) is 51.1 Å². The second kappa shape index (κ2) is 6.06. The molecule has 1 aromatic heterocycles. The van der Waals surface area contributed by atoms with Crippen molar-refractivity contribution in [2.75, 3.05) is 7.11 Å². The van der Waals surface area contributed by atoms with Gasteiger partial charge in [0, 0.05) is 18.7 Å². The van der Waals surface area contributed by atoms with Crippen LogP contribution in [0.2, 0.25) is 0 Å². The molecule has 0 radical (unpaired) electrons. The molecule has 0 saturated carbocycles. The summed E-state index contributed by atoms with van der Waals surface area (Å²) in [7, 11) is 2.11. The van der Waals surface area contributed by atoms with E-state index in [2.05, 4.69) is 9.84 Å². The van der Waals surface area contributed by atoms with E-state index in [-0.39, 0.29) is 16.7 Å². The summed E-state index contributed by atoms with van der Waals surface area (Å²) >= 11 is 0. The van der Waals surface area contributed by atoms with Crippen molar-refractivity contribution in [3.8, 4) is 11.3 Å². The van der Waals surface area contributed by atoms with Crippen LogP contribution in [-0.2, 0) is 18.0 Å². The van der Waals surface area contributed by atoms with E-state index in [9.17, 15) is 27.2 Å². The monoisotopic (exact) mass is 344 g/mol. The van der Waals surface area contributed by atoms with Crippen molar-refractivity contribution in [1.82, 2.24) is 9.78 Å². The van der Waals surface area contributed by atoms with Gasteiger partial charge >= 0.3 is 12.1 Å². The van der Waals surface area contributed by atoms with Gasteiger partial charge < -0.3 is 4.74 Å². The first kappa shape index (κ1) is 17.6. The molecular formula is C15H12F4N2O3. The Balaban J connectivity index is 2.71. The molecule has 128 valence electrons. The molecule has 0 saturated heterocycles. The van der Waals surface area contributed by atoms with E-state index in [1.165, 1.54) is 6.92 Å². The lowest BCUT2D eigenvalue weighted by molar-refractivity contribution is -0.144. The highest BCUT2D eigenvalue weighted by Gasteiger charge is 2.34. The second-order valence-corrected chi connectivity index (χ2v) is 5.00. The van der Waals surface area contributed by atoms with E-state index < -0.39 is 34.8 Å². The Morgan fingerprint density at radius 2 is 1.88 bits per heavy atom.